The zero-order chi connectivity index (χ0) is 15.6. The first-order valence-corrected chi connectivity index (χ1v) is 8.45. The molecule has 0 radical (unpaired) electrons. The summed E-state index contributed by atoms with van der Waals surface area (Å²) in [5.74, 6) is 0.690. The van der Waals surface area contributed by atoms with E-state index in [2.05, 4.69) is 37.9 Å². The summed E-state index contributed by atoms with van der Waals surface area (Å²) in [4.78, 5) is 2.55. The minimum atomic E-state index is 0.137. The van der Waals surface area contributed by atoms with E-state index in [0.29, 0.717) is 12.0 Å². The van der Waals surface area contributed by atoms with E-state index < -0.39 is 0 Å². The van der Waals surface area contributed by atoms with Gasteiger partial charge in [0, 0.05) is 41.3 Å². The van der Waals surface area contributed by atoms with Gasteiger partial charge in [-0.05, 0) is 49.9 Å². The lowest BCUT2D eigenvalue weighted by atomic mass is 9.93. The Morgan fingerprint density at radius 1 is 1.33 bits per heavy atom. The molecular formula is C17H26Cl2N2. The average Bonchev–Trinajstić information content (AvgIpc) is 2.36. The maximum absolute atomic E-state index is 6.34. The van der Waals surface area contributed by atoms with Crippen molar-refractivity contribution in [3.63, 3.8) is 0 Å². The summed E-state index contributed by atoms with van der Waals surface area (Å²) >= 11 is 12.5. The van der Waals surface area contributed by atoms with E-state index in [-0.39, 0.29) is 5.54 Å². The number of hydrogen-bond donors (Lipinski definition) is 1. The van der Waals surface area contributed by atoms with Crippen molar-refractivity contribution in [2.75, 3.05) is 13.1 Å². The second-order valence-corrected chi connectivity index (χ2v) is 8.03. The van der Waals surface area contributed by atoms with Crippen LogP contribution < -0.4 is 5.32 Å². The molecule has 4 heteroatoms. The van der Waals surface area contributed by atoms with Crippen molar-refractivity contribution in [1.29, 1.82) is 0 Å². The van der Waals surface area contributed by atoms with Gasteiger partial charge in [-0.1, -0.05) is 37.0 Å². The first kappa shape index (κ1) is 17.1. The minimum Gasteiger partial charge on any atom is -0.309 e. The molecule has 0 bridgehead atoms. The third-order valence-electron chi connectivity index (χ3n) is 4.06. The summed E-state index contributed by atoms with van der Waals surface area (Å²) in [6, 6.07) is 6.28. The van der Waals surface area contributed by atoms with Gasteiger partial charge in [-0.3, -0.25) is 4.90 Å². The lowest BCUT2D eigenvalue weighted by Gasteiger charge is -2.45. The Kier molecular flexibility index (Phi) is 5.59. The maximum atomic E-state index is 6.34. The van der Waals surface area contributed by atoms with Crippen molar-refractivity contribution in [1.82, 2.24) is 10.2 Å². The van der Waals surface area contributed by atoms with Gasteiger partial charge in [0.15, 0.2) is 0 Å². The summed E-state index contributed by atoms with van der Waals surface area (Å²) in [7, 11) is 0. The van der Waals surface area contributed by atoms with Crippen molar-refractivity contribution < 1.29 is 0 Å². The van der Waals surface area contributed by atoms with E-state index in [9.17, 15) is 0 Å². The zero-order valence-electron chi connectivity index (χ0n) is 13.4. The molecule has 1 aromatic rings. The Morgan fingerprint density at radius 2 is 2.05 bits per heavy atom. The summed E-state index contributed by atoms with van der Waals surface area (Å²) in [5.41, 5.74) is 1.26. The molecule has 118 valence electrons. The Morgan fingerprint density at radius 3 is 2.71 bits per heavy atom. The molecule has 21 heavy (non-hydrogen) atoms. The van der Waals surface area contributed by atoms with Gasteiger partial charge in [0.2, 0.25) is 0 Å². The topological polar surface area (TPSA) is 15.3 Å². The van der Waals surface area contributed by atoms with Crippen LogP contribution in [0, 0.1) is 5.92 Å². The highest BCUT2D eigenvalue weighted by Gasteiger charge is 2.32. The third-order valence-corrected chi connectivity index (χ3v) is 4.66. The summed E-state index contributed by atoms with van der Waals surface area (Å²) in [6.07, 6.45) is 1.20. The number of halogens is 2. The van der Waals surface area contributed by atoms with Gasteiger partial charge in [-0.15, -0.1) is 0 Å². The number of nitrogens with zero attached hydrogens (tertiary/aromatic N) is 1. The molecule has 1 N–H and O–H groups in total. The van der Waals surface area contributed by atoms with Crippen LogP contribution in [0.5, 0.6) is 0 Å². The van der Waals surface area contributed by atoms with Crippen LogP contribution in [0.25, 0.3) is 0 Å². The molecule has 0 aromatic heterocycles. The maximum Gasteiger partial charge on any atom is 0.0452 e. The largest absolute Gasteiger partial charge is 0.309 e. The third kappa shape index (κ3) is 4.85. The fraction of sp³-hybridized carbons (Fsp3) is 0.647. The second-order valence-electron chi connectivity index (χ2n) is 7.19. The van der Waals surface area contributed by atoms with Crippen LogP contribution in [0.1, 0.15) is 39.7 Å². The second kappa shape index (κ2) is 6.87. The number of piperazine rings is 1. The number of hydrogen-bond acceptors (Lipinski definition) is 2. The van der Waals surface area contributed by atoms with Crippen molar-refractivity contribution in [3.8, 4) is 0 Å². The van der Waals surface area contributed by atoms with Crippen LogP contribution in [-0.4, -0.2) is 29.6 Å². The molecule has 1 aliphatic rings. The minimum absolute atomic E-state index is 0.137. The first-order chi connectivity index (χ1) is 9.77. The van der Waals surface area contributed by atoms with Gasteiger partial charge >= 0.3 is 0 Å². The Labute approximate surface area is 138 Å². The molecule has 1 unspecified atom stereocenters. The smallest absolute Gasteiger partial charge is 0.0452 e. The molecule has 1 aliphatic heterocycles. The van der Waals surface area contributed by atoms with Gasteiger partial charge in [-0.2, -0.15) is 0 Å². The van der Waals surface area contributed by atoms with Crippen molar-refractivity contribution in [2.45, 2.75) is 52.2 Å². The number of nitrogens with one attached hydrogen (secondary N) is 1. The van der Waals surface area contributed by atoms with Gasteiger partial charge in [0.25, 0.3) is 0 Å². The Balaban J connectivity index is 2.17. The summed E-state index contributed by atoms with van der Waals surface area (Å²) in [6.45, 7) is 12.0. The van der Waals surface area contributed by atoms with E-state index in [0.717, 1.165) is 35.2 Å². The van der Waals surface area contributed by atoms with Crippen molar-refractivity contribution >= 4 is 23.2 Å². The lowest BCUT2D eigenvalue weighted by molar-refractivity contribution is 0.0760. The fourth-order valence-corrected chi connectivity index (χ4v) is 3.43. The summed E-state index contributed by atoms with van der Waals surface area (Å²) in [5, 5.41) is 5.21. The van der Waals surface area contributed by atoms with E-state index in [1.807, 2.05) is 18.2 Å². The van der Waals surface area contributed by atoms with E-state index >= 15 is 0 Å². The highest BCUT2D eigenvalue weighted by atomic mass is 35.5. The van der Waals surface area contributed by atoms with Crippen LogP contribution in [-0.2, 0) is 6.54 Å². The highest BCUT2D eigenvalue weighted by molar-refractivity contribution is 6.33. The standard InChI is InChI=1S/C17H26Cl2N2/c1-12(2)7-15-9-20-17(3,4)11-21(15)10-13-8-14(18)5-6-16(13)19/h5-6,8,12,15,20H,7,9-11H2,1-4H3. The molecule has 1 aromatic carbocycles. The highest BCUT2D eigenvalue weighted by Crippen LogP contribution is 2.26. The van der Waals surface area contributed by atoms with Crippen LogP contribution in [0.2, 0.25) is 10.0 Å². The first-order valence-electron chi connectivity index (χ1n) is 7.70. The monoisotopic (exact) mass is 328 g/mol. The van der Waals surface area contributed by atoms with Crippen LogP contribution >= 0.6 is 23.2 Å². The van der Waals surface area contributed by atoms with Crippen LogP contribution in [0.15, 0.2) is 18.2 Å². The zero-order valence-corrected chi connectivity index (χ0v) is 14.9. The molecule has 0 aliphatic carbocycles. The molecular weight excluding hydrogens is 303 g/mol. The Hall–Kier alpha value is -0.280. The van der Waals surface area contributed by atoms with Crippen LogP contribution in [0.4, 0.5) is 0 Å². The SMILES string of the molecule is CC(C)CC1CNC(C)(C)CN1Cc1cc(Cl)ccc1Cl. The summed E-state index contributed by atoms with van der Waals surface area (Å²) < 4.78 is 0. The molecule has 2 rings (SSSR count). The normalized spacial score (nSPS) is 22.7. The molecule has 1 fully saturated rings. The molecule has 0 amide bonds. The number of benzene rings is 1. The predicted octanol–water partition coefficient (Wildman–Crippen LogP) is 4.59. The van der Waals surface area contributed by atoms with Crippen molar-refractivity contribution in [3.05, 3.63) is 33.8 Å². The van der Waals surface area contributed by atoms with Crippen LogP contribution in [0.3, 0.4) is 0 Å². The van der Waals surface area contributed by atoms with E-state index in [1.54, 1.807) is 0 Å². The Bertz CT molecular complexity index is 486. The van der Waals surface area contributed by atoms with Crippen molar-refractivity contribution in [2.24, 2.45) is 5.92 Å². The van der Waals surface area contributed by atoms with Gasteiger partial charge in [-0.25, -0.2) is 0 Å². The van der Waals surface area contributed by atoms with E-state index in [1.165, 1.54) is 6.42 Å². The molecule has 1 heterocycles. The predicted molar refractivity (Wildman–Crippen MR) is 92.2 cm³/mol. The molecule has 2 nitrogen and oxygen atoms in total. The molecule has 0 spiro atoms. The van der Waals surface area contributed by atoms with Gasteiger partial charge < -0.3 is 5.32 Å². The van der Waals surface area contributed by atoms with Gasteiger partial charge in [0.1, 0.15) is 0 Å². The molecule has 1 atom stereocenters. The number of rotatable bonds is 4. The molecule has 1 saturated heterocycles. The van der Waals surface area contributed by atoms with Gasteiger partial charge in [0.05, 0.1) is 0 Å². The lowest BCUT2D eigenvalue weighted by Crippen LogP contribution is -2.61. The molecule has 0 saturated carbocycles. The average molecular weight is 329 g/mol. The quantitative estimate of drug-likeness (QED) is 0.869. The fourth-order valence-electron chi connectivity index (χ4n) is 3.06. The van der Waals surface area contributed by atoms with E-state index in [4.69, 9.17) is 23.2 Å².